The first-order valence-corrected chi connectivity index (χ1v) is 7.12. The summed E-state index contributed by atoms with van der Waals surface area (Å²) in [6.07, 6.45) is -5.82. The number of aliphatic hydroxyl groups is 1. The van der Waals surface area contributed by atoms with E-state index in [1.165, 1.54) is 4.90 Å². The highest BCUT2D eigenvalue weighted by Crippen LogP contribution is 2.39. The van der Waals surface area contributed by atoms with Crippen LogP contribution in [0.5, 0.6) is 0 Å². The normalized spacial score (nSPS) is 21.0. The second-order valence-electron chi connectivity index (χ2n) is 5.27. The highest BCUT2D eigenvalue weighted by Gasteiger charge is 2.41. The van der Waals surface area contributed by atoms with Gasteiger partial charge in [0.25, 0.3) is 5.69 Å². The Morgan fingerprint density at radius 3 is 2.71 bits per heavy atom. The number of nitrogens with zero attached hydrogens (tertiary/aromatic N) is 2. The summed E-state index contributed by atoms with van der Waals surface area (Å²) < 4.78 is 44.1. The number of alkyl halides is 3. The summed E-state index contributed by atoms with van der Waals surface area (Å²) in [5.41, 5.74) is -2.52. The highest BCUT2D eigenvalue weighted by atomic mass is 19.4. The van der Waals surface area contributed by atoms with Gasteiger partial charge < -0.3 is 14.7 Å². The van der Waals surface area contributed by atoms with Crippen molar-refractivity contribution in [2.24, 2.45) is 0 Å². The molecule has 0 unspecified atom stereocenters. The molecular weight excluding hydrogens is 333 g/mol. The van der Waals surface area contributed by atoms with Crippen molar-refractivity contribution in [3.05, 3.63) is 33.9 Å². The number of anilines is 1. The fourth-order valence-electron chi connectivity index (χ4n) is 2.65. The second kappa shape index (κ2) is 6.63. The predicted molar refractivity (Wildman–Crippen MR) is 76.5 cm³/mol. The highest BCUT2D eigenvalue weighted by molar-refractivity contribution is 5.81. The van der Waals surface area contributed by atoms with Crippen LogP contribution in [0.25, 0.3) is 0 Å². The van der Waals surface area contributed by atoms with Gasteiger partial charge in [0.15, 0.2) is 0 Å². The summed E-state index contributed by atoms with van der Waals surface area (Å²) in [7, 11) is 0. The minimum absolute atomic E-state index is 0.0111. The maximum absolute atomic E-state index is 13.1. The quantitative estimate of drug-likeness (QED) is 0.509. The molecule has 0 spiro atoms. The van der Waals surface area contributed by atoms with E-state index in [4.69, 9.17) is 4.74 Å². The van der Waals surface area contributed by atoms with E-state index in [0.29, 0.717) is 6.07 Å². The third-order valence-corrected chi connectivity index (χ3v) is 3.65. The summed E-state index contributed by atoms with van der Waals surface area (Å²) >= 11 is 0. The van der Waals surface area contributed by atoms with Gasteiger partial charge in [0, 0.05) is 24.7 Å². The van der Waals surface area contributed by atoms with Gasteiger partial charge >= 0.3 is 12.1 Å². The van der Waals surface area contributed by atoms with Crippen molar-refractivity contribution >= 4 is 17.3 Å². The lowest BCUT2D eigenvalue weighted by Crippen LogP contribution is -2.37. The Morgan fingerprint density at radius 2 is 2.17 bits per heavy atom. The van der Waals surface area contributed by atoms with Crippen LogP contribution in [-0.2, 0) is 15.7 Å². The number of halogens is 3. The van der Waals surface area contributed by atoms with Crippen LogP contribution in [0.1, 0.15) is 18.9 Å². The van der Waals surface area contributed by atoms with Crippen LogP contribution in [-0.4, -0.2) is 41.3 Å². The largest absolute Gasteiger partial charge is 0.464 e. The summed E-state index contributed by atoms with van der Waals surface area (Å²) in [6.45, 7) is 1.60. The molecule has 24 heavy (non-hydrogen) atoms. The molecule has 132 valence electrons. The van der Waals surface area contributed by atoms with Crippen molar-refractivity contribution < 1.29 is 32.7 Å². The molecule has 2 atom stereocenters. The average Bonchev–Trinajstić information content (AvgIpc) is 2.88. The van der Waals surface area contributed by atoms with E-state index in [1.54, 1.807) is 6.92 Å². The molecule has 0 saturated carbocycles. The van der Waals surface area contributed by atoms with Crippen LogP contribution in [0.4, 0.5) is 24.5 Å². The average molecular weight is 348 g/mol. The molecule has 1 aliphatic rings. The summed E-state index contributed by atoms with van der Waals surface area (Å²) in [5, 5.41) is 20.5. The Balaban J connectivity index is 2.43. The Hall–Kier alpha value is -2.36. The molecule has 7 nitrogen and oxygen atoms in total. The first-order chi connectivity index (χ1) is 11.1. The second-order valence-corrected chi connectivity index (χ2v) is 5.27. The first kappa shape index (κ1) is 18.0. The number of β-amino-alcohol motifs (C(OH)–C–C–N with tert-alkyl or cyclic N) is 1. The molecule has 1 fully saturated rings. The van der Waals surface area contributed by atoms with Crippen molar-refractivity contribution in [1.82, 2.24) is 0 Å². The standard InChI is InChI=1S/C14H15F3N2O5/c1-2-24-13(21)12-6-9(20)7-18(12)8-3-4-11(19(22)23)10(5-8)14(15,16)17/h3-5,9,12,20H,2,6-7H2,1H3/t9-,12-/m1/s1. The predicted octanol–water partition coefficient (Wildman–Crippen LogP) is 2.12. The van der Waals surface area contributed by atoms with E-state index < -0.39 is 40.5 Å². The molecule has 2 rings (SSSR count). The molecule has 0 aliphatic carbocycles. The number of hydrogen-bond donors (Lipinski definition) is 1. The van der Waals surface area contributed by atoms with Crippen LogP contribution < -0.4 is 4.90 Å². The molecule has 1 heterocycles. The number of benzene rings is 1. The van der Waals surface area contributed by atoms with E-state index in [-0.39, 0.29) is 25.3 Å². The molecule has 1 aromatic carbocycles. The van der Waals surface area contributed by atoms with Crippen LogP contribution in [0.3, 0.4) is 0 Å². The Labute approximate surface area is 134 Å². The molecular formula is C14H15F3N2O5. The van der Waals surface area contributed by atoms with Crippen molar-refractivity contribution in [3.63, 3.8) is 0 Å². The summed E-state index contributed by atoms with van der Waals surface area (Å²) in [6, 6.07) is 1.54. The van der Waals surface area contributed by atoms with Crippen molar-refractivity contribution in [1.29, 1.82) is 0 Å². The van der Waals surface area contributed by atoms with Crippen LogP contribution in [0.15, 0.2) is 18.2 Å². The molecule has 0 bridgehead atoms. The molecule has 0 radical (unpaired) electrons. The minimum atomic E-state index is -4.92. The maximum atomic E-state index is 13.1. The van der Waals surface area contributed by atoms with Gasteiger partial charge in [0.2, 0.25) is 0 Å². The van der Waals surface area contributed by atoms with Crippen LogP contribution in [0.2, 0.25) is 0 Å². The lowest BCUT2D eigenvalue weighted by atomic mass is 10.1. The van der Waals surface area contributed by atoms with Crippen LogP contribution in [0, 0.1) is 10.1 Å². The number of nitro groups is 1. The molecule has 1 aliphatic heterocycles. The number of esters is 1. The van der Waals surface area contributed by atoms with Gasteiger partial charge in [-0.25, -0.2) is 4.79 Å². The van der Waals surface area contributed by atoms with Gasteiger partial charge in [-0.15, -0.1) is 0 Å². The van der Waals surface area contributed by atoms with E-state index in [1.807, 2.05) is 0 Å². The summed E-state index contributed by atoms with van der Waals surface area (Å²) in [5.74, 6) is -0.666. The molecule has 10 heteroatoms. The van der Waals surface area contributed by atoms with Crippen LogP contribution >= 0.6 is 0 Å². The van der Waals surface area contributed by atoms with Gasteiger partial charge in [-0.2, -0.15) is 13.2 Å². The lowest BCUT2D eigenvalue weighted by Gasteiger charge is -2.25. The smallest absolute Gasteiger partial charge is 0.423 e. The van der Waals surface area contributed by atoms with E-state index in [0.717, 1.165) is 12.1 Å². The number of hydrogen-bond acceptors (Lipinski definition) is 6. The molecule has 1 aromatic rings. The number of ether oxygens (including phenoxy) is 1. The topological polar surface area (TPSA) is 92.9 Å². The van der Waals surface area contributed by atoms with E-state index in [2.05, 4.69) is 0 Å². The SMILES string of the molecule is CCOC(=O)[C@H]1C[C@@H](O)CN1c1ccc([N+](=O)[O-])c(C(F)(F)F)c1. The first-order valence-electron chi connectivity index (χ1n) is 7.12. The monoisotopic (exact) mass is 348 g/mol. The zero-order valence-corrected chi connectivity index (χ0v) is 12.6. The minimum Gasteiger partial charge on any atom is -0.464 e. The van der Waals surface area contributed by atoms with Gasteiger partial charge in [-0.3, -0.25) is 10.1 Å². The number of carbonyl (C=O) groups excluding carboxylic acids is 1. The van der Waals surface area contributed by atoms with Gasteiger partial charge in [-0.1, -0.05) is 0 Å². The Morgan fingerprint density at radius 1 is 1.50 bits per heavy atom. The van der Waals surface area contributed by atoms with Gasteiger partial charge in [0.1, 0.15) is 11.6 Å². The molecule has 0 aromatic heterocycles. The third-order valence-electron chi connectivity index (χ3n) is 3.65. The molecule has 1 saturated heterocycles. The number of rotatable bonds is 4. The van der Waals surface area contributed by atoms with Gasteiger partial charge in [0.05, 0.1) is 17.6 Å². The number of nitro benzene ring substituents is 1. The number of carbonyl (C=O) groups is 1. The zero-order chi connectivity index (χ0) is 18.1. The Kier molecular flexibility index (Phi) is 4.97. The fraction of sp³-hybridized carbons (Fsp3) is 0.500. The van der Waals surface area contributed by atoms with Crippen molar-refractivity contribution in [2.75, 3.05) is 18.1 Å². The lowest BCUT2D eigenvalue weighted by molar-refractivity contribution is -0.388. The van der Waals surface area contributed by atoms with Crippen molar-refractivity contribution in [2.45, 2.75) is 31.7 Å². The van der Waals surface area contributed by atoms with E-state index >= 15 is 0 Å². The zero-order valence-electron chi connectivity index (χ0n) is 12.6. The summed E-state index contributed by atoms with van der Waals surface area (Å²) in [4.78, 5) is 22.9. The van der Waals surface area contributed by atoms with E-state index in [9.17, 15) is 33.2 Å². The Bertz CT molecular complexity index is 650. The molecule has 1 N–H and O–H groups in total. The third kappa shape index (κ3) is 3.58. The number of aliphatic hydroxyl groups excluding tert-OH is 1. The fourth-order valence-corrected chi connectivity index (χ4v) is 2.65. The molecule has 0 amide bonds. The maximum Gasteiger partial charge on any atom is 0.423 e. The van der Waals surface area contributed by atoms with Gasteiger partial charge in [-0.05, 0) is 19.1 Å². The van der Waals surface area contributed by atoms with Crippen molar-refractivity contribution in [3.8, 4) is 0 Å².